The van der Waals surface area contributed by atoms with Crippen LogP contribution in [0.3, 0.4) is 0 Å². The van der Waals surface area contributed by atoms with Crippen LogP contribution in [-0.4, -0.2) is 58.9 Å². The van der Waals surface area contributed by atoms with E-state index in [1.807, 2.05) is 35.2 Å². The number of hydrogen-bond donors (Lipinski definition) is 1. The SMILES string of the molecule is O=C(Cn1cc(C(=O)N2CCC[C@@H](CN3CCCC3)C2)ccc1=O)NCc1ccccc1. The lowest BCUT2D eigenvalue weighted by Crippen LogP contribution is -2.43. The normalized spacial score (nSPS) is 19.1. The predicted octanol–water partition coefficient (Wildman–Crippen LogP) is 2.11. The zero-order chi connectivity index (χ0) is 22.3. The van der Waals surface area contributed by atoms with E-state index in [9.17, 15) is 14.4 Å². The van der Waals surface area contributed by atoms with E-state index in [4.69, 9.17) is 0 Å². The fourth-order valence-electron chi connectivity index (χ4n) is 4.70. The molecule has 7 heteroatoms. The number of carbonyl (C=O) groups is 2. The zero-order valence-corrected chi connectivity index (χ0v) is 18.5. The van der Waals surface area contributed by atoms with Gasteiger partial charge in [0, 0.05) is 38.4 Å². The van der Waals surface area contributed by atoms with Crippen LogP contribution in [0.5, 0.6) is 0 Å². The summed E-state index contributed by atoms with van der Waals surface area (Å²) in [5.41, 5.74) is 1.16. The topological polar surface area (TPSA) is 74.7 Å². The highest BCUT2D eigenvalue weighted by molar-refractivity contribution is 5.94. The first kappa shape index (κ1) is 22.3. The largest absolute Gasteiger partial charge is 0.350 e. The second-order valence-electron chi connectivity index (χ2n) is 8.91. The molecule has 0 unspecified atom stereocenters. The molecular formula is C25H32N4O3. The van der Waals surface area contributed by atoms with Crippen molar-refractivity contribution in [1.82, 2.24) is 19.7 Å². The van der Waals surface area contributed by atoms with Crippen molar-refractivity contribution in [2.75, 3.05) is 32.7 Å². The highest BCUT2D eigenvalue weighted by atomic mass is 16.2. The summed E-state index contributed by atoms with van der Waals surface area (Å²) in [7, 11) is 0. The third-order valence-corrected chi connectivity index (χ3v) is 6.40. The van der Waals surface area contributed by atoms with Crippen molar-refractivity contribution in [2.24, 2.45) is 5.92 Å². The van der Waals surface area contributed by atoms with E-state index in [-0.39, 0.29) is 23.9 Å². The summed E-state index contributed by atoms with van der Waals surface area (Å²) in [5, 5.41) is 2.83. The Morgan fingerprint density at radius 1 is 0.969 bits per heavy atom. The van der Waals surface area contributed by atoms with Gasteiger partial charge in [-0.05, 0) is 56.3 Å². The number of rotatable bonds is 7. The number of likely N-dealkylation sites (tertiary alicyclic amines) is 2. The number of nitrogens with zero attached hydrogens (tertiary/aromatic N) is 3. The van der Waals surface area contributed by atoms with Crippen molar-refractivity contribution in [3.8, 4) is 0 Å². The van der Waals surface area contributed by atoms with Gasteiger partial charge in [0.25, 0.3) is 11.5 Å². The van der Waals surface area contributed by atoms with Crippen molar-refractivity contribution in [2.45, 2.75) is 38.8 Å². The number of hydrogen-bond acceptors (Lipinski definition) is 4. The third-order valence-electron chi connectivity index (χ3n) is 6.40. The first-order chi connectivity index (χ1) is 15.6. The Bertz CT molecular complexity index is 982. The highest BCUT2D eigenvalue weighted by Gasteiger charge is 2.27. The zero-order valence-electron chi connectivity index (χ0n) is 18.5. The molecule has 0 spiro atoms. The van der Waals surface area contributed by atoms with Gasteiger partial charge in [-0.3, -0.25) is 14.4 Å². The predicted molar refractivity (Wildman–Crippen MR) is 123 cm³/mol. The highest BCUT2D eigenvalue weighted by Crippen LogP contribution is 2.21. The average Bonchev–Trinajstić information content (AvgIpc) is 3.32. The molecule has 1 atom stereocenters. The first-order valence-electron chi connectivity index (χ1n) is 11.6. The average molecular weight is 437 g/mol. The van der Waals surface area contributed by atoms with Gasteiger partial charge >= 0.3 is 0 Å². The molecular weight excluding hydrogens is 404 g/mol. The van der Waals surface area contributed by atoms with Gasteiger partial charge in [0.1, 0.15) is 6.54 Å². The van der Waals surface area contributed by atoms with Gasteiger partial charge in [-0.15, -0.1) is 0 Å². The van der Waals surface area contributed by atoms with E-state index in [0.29, 0.717) is 18.0 Å². The van der Waals surface area contributed by atoms with Crippen LogP contribution in [0.1, 0.15) is 41.6 Å². The Morgan fingerprint density at radius 2 is 1.75 bits per heavy atom. The third kappa shape index (κ3) is 5.85. The minimum atomic E-state index is -0.290. The monoisotopic (exact) mass is 436 g/mol. The summed E-state index contributed by atoms with van der Waals surface area (Å²) in [6, 6.07) is 12.6. The minimum Gasteiger partial charge on any atom is -0.350 e. The van der Waals surface area contributed by atoms with Crippen molar-refractivity contribution in [3.63, 3.8) is 0 Å². The van der Waals surface area contributed by atoms with E-state index >= 15 is 0 Å². The molecule has 1 aromatic carbocycles. The number of pyridine rings is 1. The van der Waals surface area contributed by atoms with Crippen molar-refractivity contribution in [1.29, 1.82) is 0 Å². The maximum absolute atomic E-state index is 13.1. The van der Waals surface area contributed by atoms with E-state index in [1.165, 1.54) is 42.8 Å². The maximum atomic E-state index is 13.1. The molecule has 2 aromatic rings. The molecule has 3 heterocycles. The Balaban J connectivity index is 1.36. The molecule has 2 aliphatic rings. The number of benzene rings is 1. The molecule has 170 valence electrons. The van der Waals surface area contributed by atoms with Gasteiger partial charge in [-0.1, -0.05) is 30.3 Å². The summed E-state index contributed by atoms with van der Waals surface area (Å²) in [5.74, 6) is 0.180. The van der Waals surface area contributed by atoms with E-state index in [2.05, 4.69) is 10.2 Å². The Labute approximate surface area is 189 Å². The number of amides is 2. The van der Waals surface area contributed by atoms with Gasteiger partial charge in [0.2, 0.25) is 5.91 Å². The molecule has 32 heavy (non-hydrogen) atoms. The van der Waals surface area contributed by atoms with Gasteiger partial charge in [-0.2, -0.15) is 0 Å². The van der Waals surface area contributed by atoms with E-state index in [1.54, 1.807) is 6.07 Å². The summed E-state index contributed by atoms with van der Waals surface area (Å²) in [6.07, 6.45) is 6.23. The van der Waals surface area contributed by atoms with Gasteiger partial charge < -0.3 is 19.7 Å². The second kappa shape index (κ2) is 10.6. The molecule has 7 nitrogen and oxygen atoms in total. The summed E-state index contributed by atoms with van der Waals surface area (Å²) >= 11 is 0. The number of aromatic nitrogens is 1. The lowest BCUT2D eigenvalue weighted by Gasteiger charge is -2.34. The van der Waals surface area contributed by atoms with Crippen molar-refractivity contribution in [3.05, 3.63) is 70.1 Å². The van der Waals surface area contributed by atoms with E-state index < -0.39 is 0 Å². The summed E-state index contributed by atoms with van der Waals surface area (Å²) in [4.78, 5) is 42.2. The molecule has 2 amide bonds. The summed E-state index contributed by atoms with van der Waals surface area (Å²) < 4.78 is 1.32. The molecule has 0 aliphatic carbocycles. The summed E-state index contributed by atoms with van der Waals surface area (Å²) in [6.45, 7) is 5.19. The minimum absolute atomic E-state index is 0.0606. The van der Waals surface area contributed by atoms with Crippen LogP contribution < -0.4 is 10.9 Å². The molecule has 4 rings (SSSR count). The lowest BCUT2D eigenvalue weighted by molar-refractivity contribution is -0.121. The van der Waals surface area contributed by atoms with E-state index in [0.717, 1.165) is 38.0 Å². The lowest BCUT2D eigenvalue weighted by atomic mass is 9.97. The molecule has 0 saturated carbocycles. The van der Waals surface area contributed by atoms with Crippen LogP contribution in [0.2, 0.25) is 0 Å². The molecule has 0 bridgehead atoms. The van der Waals surface area contributed by atoms with Gasteiger partial charge in [0.05, 0.1) is 5.56 Å². The fourth-order valence-corrected chi connectivity index (χ4v) is 4.70. The van der Waals surface area contributed by atoms with Crippen LogP contribution in [0, 0.1) is 5.92 Å². The van der Waals surface area contributed by atoms with Crippen LogP contribution >= 0.6 is 0 Å². The van der Waals surface area contributed by atoms with Gasteiger partial charge in [-0.25, -0.2) is 0 Å². The second-order valence-corrected chi connectivity index (χ2v) is 8.91. The van der Waals surface area contributed by atoms with Crippen LogP contribution in [-0.2, 0) is 17.9 Å². The standard InChI is InChI=1S/C25H32N4O3/c30-23(26-15-20-7-2-1-3-8-20)19-29-18-22(10-11-24(29)31)25(32)28-14-6-9-21(17-28)16-27-12-4-5-13-27/h1-3,7-8,10-11,18,21H,4-6,9,12-17,19H2,(H,26,30)/t21-/m0/s1. The smallest absolute Gasteiger partial charge is 0.255 e. The first-order valence-corrected chi connectivity index (χ1v) is 11.6. The van der Waals surface area contributed by atoms with Crippen LogP contribution in [0.15, 0.2) is 53.5 Å². The maximum Gasteiger partial charge on any atom is 0.255 e. The fraction of sp³-hybridized carbons (Fsp3) is 0.480. The van der Waals surface area contributed by atoms with Crippen LogP contribution in [0.4, 0.5) is 0 Å². The molecule has 2 saturated heterocycles. The Kier molecular flexibility index (Phi) is 7.37. The van der Waals surface area contributed by atoms with Crippen molar-refractivity contribution >= 4 is 11.8 Å². The van der Waals surface area contributed by atoms with Crippen molar-refractivity contribution < 1.29 is 9.59 Å². The Morgan fingerprint density at radius 3 is 2.53 bits per heavy atom. The molecule has 2 aliphatic heterocycles. The quantitative estimate of drug-likeness (QED) is 0.722. The molecule has 2 fully saturated rings. The number of piperidine rings is 1. The van der Waals surface area contributed by atoms with Crippen LogP contribution in [0.25, 0.3) is 0 Å². The number of carbonyl (C=O) groups excluding carboxylic acids is 2. The Hall–Kier alpha value is -2.93. The molecule has 1 aromatic heterocycles. The number of nitrogens with one attached hydrogen (secondary N) is 1. The van der Waals surface area contributed by atoms with Gasteiger partial charge in [0.15, 0.2) is 0 Å². The molecule has 0 radical (unpaired) electrons. The molecule has 1 N–H and O–H groups in total.